The summed E-state index contributed by atoms with van der Waals surface area (Å²) in [7, 11) is 1.68. The van der Waals surface area contributed by atoms with Gasteiger partial charge in [-0.15, -0.1) is 0 Å². The van der Waals surface area contributed by atoms with Gasteiger partial charge in [0.1, 0.15) is 11.5 Å². The van der Waals surface area contributed by atoms with Gasteiger partial charge in [0.05, 0.1) is 13.7 Å². The monoisotopic (exact) mass is 249 g/mol. The zero-order valence-electron chi connectivity index (χ0n) is 11.3. The highest BCUT2D eigenvalue weighted by Gasteiger charge is 2.21. The summed E-state index contributed by atoms with van der Waals surface area (Å²) < 4.78 is 11.1. The second kappa shape index (κ2) is 6.10. The Hall–Kier alpha value is -1.22. The van der Waals surface area contributed by atoms with Crippen molar-refractivity contribution in [1.82, 2.24) is 0 Å². The van der Waals surface area contributed by atoms with Crippen molar-refractivity contribution in [2.75, 3.05) is 13.7 Å². The summed E-state index contributed by atoms with van der Waals surface area (Å²) in [5.74, 6) is 2.66. The molecule has 1 atom stereocenters. The normalized spacial score (nSPS) is 16.4. The first-order chi connectivity index (χ1) is 8.69. The number of hydrogen-bond donors (Lipinski definition) is 1. The quantitative estimate of drug-likeness (QED) is 0.808. The molecule has 1 aromatic carbocycles. The van der Waals surface area contributed by atoms with E-state index in [9.17, 15) is 0 Å². The van der Waals surface area contributed by atoms with Gasteiger partial charge in [-0.3, -0.25) is 0 Å². The van der Waals surface area contributed by atoms with E-state index in [4.69, 9.17) is 15.2 Å². The number of benzene rings is 1. The van der Waals surface area contributed by atoms with Crippen molar-refractivity contribution in [1.29, 1.82) is 0 Å². The van der Waals surface area contributed by atoms with Gasteiger partial charge in [-0.25, -0.2) is 0 Å². The van der Waals surface area contributed by atoms with E-state index >= 15 is 0 Å². The molecule has 3 heteroatoms. The van der Waals surface area contributed by atoms with Gasteiger partial charge in [0.25, 0.3) is 0 Å². The molecule has 0 bridgehead atoms. The van der Waals surface area contributed by atoms with Crippen LogP contribution in [0.3, 0.4) is 0 Å². The van der Waals surface area contributed by atoms with Gasteiger partial charge in [0, 0.05) is 12.1 Å². The average molecular weight is 249 g/mol. The minimum absolute atomic E-state index is 0.143. The number of hydrogen-bond acceptors (Lipinski definition) is 3. The van der Waals surface area contributed by atoms with Gasteiger partial charge in [0.2, 0.25) is 0 Å². The zero-order valence-corrected chi connectivity index (χ0v) is 11.3. The summed E-state index contributed by atoms with van der Waals surface area (Å²) in [6.45, 7) is 2.81. The van der Waals surface area contributed by atoms with Crippen molar-refractivity contribution in [3.05, 3.63) is 23.8 Å². The summed E-state index contributed by atoms with van der Waals surface area (Å²) in [6.07, 6.45) is 4.74. The summed E-state index contributed by atoms with van der Waals surface area (Å²) in [5.41, 5.74) is 7.03. The van der Waals surface area contributed by atoms with Crippen LogP contribution in [0.15, 0.2) is 18.2 Å². The van der Waals surface area contributed by atoms with E-state index in [-0.39, 0.29) is 6.04 Å². The molecule has 0 amide bonds. The average Bonchev–Trinajstić information content (AvgIpc) is 3.14. The maximum absolute atomic E-state index is 5.90. The standard InChI is InChI=1S/C15H23NO2/c1-11(16)9-13-5-6-14(17-2)10-15(13)18-8-7-12-3-4-12/h5-6,10-12H,3-4,7-9,16H2,1-2H3. The van der Waals surface area contributed by atoms with E-state index in [1.807, 2.05) is 19.1 Å². The van der Waals surface area contributed by atoms with Crippen molar-refractivity contribution >= 4 is 0 Å². The maximum atomic E-state index is 5.90. The van der Waals surface area contributed by atoms with Crippen LogP contribution in [0.4, 0.5) is 0 Å². The Labute approximate surface area is 109 Å². The van der Waals surface area contributed by atoms with Gasteiger partial charge >= 0.3 is 0 Å². The van der Waals surface area contributed by atoms with E-state index < -0.39 is 0 Å². The van der Waals surface area contributed by atoms with Crippen LogP contribution in [0.1, 0.15) is 31.7 Å². The summed E-state index contributed by atoms with van der Waals surface area (Å²) in [4.78, 5) is 0. The highest BCUT2D eigenvalue weighted by atomic mass is 16.5. The minimum atomic E-state index is 0.143. The Kier molecular flexibility index (Phi) is 4.48. The van der Waals surface area contributed by atoms with E-state index in [2.05, 4.69) is 6.07 Å². The fourth-order valence-electron chi connectivity index (χ4n) is 2.05. The van der Waals surface area contributed by atoms with Crippen molar-refractivity contribution in [3.63, 3.8) is 0 Å². The van der Waals surface area contributed by atoms with Gasteiger partial charge in [-0.1, -0.05) is 18.9 Å². The third-order valence-electron chi connectivity index (χ3n) is 3.30. The predicted octanol–water partition coefficient (Wildman–Crippen LogP) is 2.76. The molecule has 0 aliphatic heterocycles. The summed E-state index contributed by atoms with van der Waals surface area (Å²) in [5, 5.41) is 0. The van der Waals surface area contributed by atoms with Crippen molar-refractivity contribution in [3.8, 4) is 11.5 Å². The van der Waals surface area contributed by atoms with Gasteiger partial charge in [-0.05, 0) is 37.3 Å². The lowest BCUT2D eigenvalue weighted by Gasteiger charge is -2.14. The Morgan fingerprint density at radius 3 is 2.78 bits per heavy atom. The van der Waals surface area contributed by atoms with Gasteiger partial charge in [-0.2, -0.15) is 0 Å². The van der Waals surface area contributed by atoms with Crippen LogP contribution in [0.5, 0.6) is 11.5 Å². The third-order valence-corrected chi connectivity index (χ3v) is 3.30. The first kappa shape index (κ1) is 13.2. The fourth-order valence-corrected chi connectivity index (χ4v) is 2.05. The second-order valence-electron chi connectivity index (χ2n) is 5.24. The molecule has 0 aromatic heterocycles. The predicted molar refractivity (Wildman–Crippen MR) is 73.2 cm³/mol. The molecule has 1 unspecified atom stereocenters. The molecule has 1 aliphatic rings. The molecule has 100 valence electrons. The Morgan fingerprint density at radius 2 is 2.17 bits per heavy atom. The lowest BCUT2D eigenvalue weighted by Crippen LogP contribution is -2.18. The molecular formula is C15H23NO2. The second-order valence-corrected chi connectivity index (χ2v) is 5.24. The molecule has 0 spiro atoms. The van der Waals surface area contributed by atoms with E-state index in [0.717, 1.165) is 36.9 Å². The van der Waals surface area contributed by atoms with E-state index in [1.165, 1.54) is 18.4 Å². The van der Waals surface area contributed by atoms with Crippen LogP contribution in [0.25, 0.3) is 0 Å². The number of nitrogens with two attached hydrogens (primary N) is 1. The molecule has 0 radical (unpaired) electrons. The molecule has 2 N–H and O–H groups in total. The topological polar surface area (TPSA) is 44.5 Å². The molecule has 0 heterocycles. The minimum Gasteiger partial charge on any atom is -0.497 e. The van der Waals surface area contributed by atoms with Crippen molar-refractivity contribution in [2.24, 2.45) is 11.7 Å². The van der Waals surface area contributed by atoms with Crippen LogP contribution >= 0.6 is 0 Å². The number of methoxy groups -OCH3 is 1. The van der Waals surface area contributed by atoms with E-state index in [1.54, 1.807) is 7.11 Å². The third kappa shape index (κ3) is 3.91. The highest BCUT2D eigenvalue weighted by Crippen LogP contribution is 2.33. The molecule has 1 fully saturated rings. The Balaban J connectivity index is 2.01. The smallest absolute Gasteiger partial charge is 0.126 e. The molecule has 3 nitrogen and oxygen atoms in total. The van der Waals surface area contributed by atoms with Crippen molar-refractivity contribution < 1.29 is 9.47 Å². The summed E-state index contributed by atoms with van der Waals surface area (Å²) in [6, 6.07) is 6.12. The van der Waals surface area contributed by atoms with Crippen LogP contribution in [0, 0.1) is 5.92 Å². The molecule has 2 rings (SSSR count). The number of ether oxygens (including phenoxy) is 2. The van der Waals surface area contributed by atoms with Crippen molar-refractivity contribution in [2.45, 2.75) is 38.6 Å². The molecule has 1 aliphatic carbocycles. The molecular weight excluding hydrogens is 226 g/mol. The Morgan fingerprint density at radius 1 is 1.39 bits per heavy atom. The van der Waals surface area contributed by atoms with Crippen LogP contribution in [0.2, 0.25) is 0 Å². The lowest BCUT2D eigenvalue weighted by atomic mass is 10.1. The van der Waals surface area contributed by atoms with Crippen LogP contribution in [-0.2, 0) is 6.42 Å². The Bertz CT molecular complexity index is 386. The van der Waals surface area contributed by atoms with Crippen LogP contribution in [-0.4, -0.2) is 19.8 Å². The first-order valence-corrected chi connectivity index (χ1v) is 6.74. The maximum Gasteiger partial charge on any atom is 0.126 e. The molecule has 1 saturated carbocycles. The van der Waals surface area contributed by atoms with Gasteiger partial charge in [0.15, 0.2) is 0 Å². The highest BCUT2D eigenvalue weighted by molar-refractivity contribution is 5.41. The summed E-state index contributed by atoms with van der Waals surface area (Å²) >= 11 is 0. The molecule has 1 aromatic rings. The van der Waals surface area contributed by atoms with Gasteiger partial charge < -0.3 is 15.2 Å². The SMILES string of the molecule is COc1ccc(CC(C)N)c(OCCC2CC2)c1. The lowest BCUT2D eigenvalue weighted by molar-refractivity contribution is 0.297. The largest absolute Gasteiger partial charge is 0.497 e. The zero-order chi connectivity index (χ0) is 13.0. The fraction of sp³-hybridized carbons (Fsp3) is 0.600. The molecule has 18 heavy (non-hydrogen) atoms. The first-order valence-electron chi connectivity index (χ1n) is 6.74. The molecule has 0 saturated heterocycles. The van der Waals surface area contributed by atoms with Crippen LogP contribution < -0.4 is 15.2 Å². The number of rotatable bonds is 7. The van der Waals surface area contributed by atoms with E-state index in [0.29, 0.717) is 0 Å².